The second kappa shape index (κ2) is 6.79. The minimum absolute atomic E-state index is 0.826. The van der Waals surface area contributed by atoms with Crippen LogP contribution in [0.25, 0.3) is 0 Å². The summed E-state index contributed by atoms with van der Waals surface area (Å²) in [4.78, 5) is 2.13. The third kappa shape index (κ3) is 3.05. The summed E-state index contributed by atoms with van der Waals surface area (Å²) < 4.78 is 0. The fourth-order valence-corrected chi connectivity index (χ4v) is 2.35. The molecular formula is C18H23N. The Hall–Kier alpha value is -2.02. The average molecular weight is 253 g/mol. The van der Waals surface area contributed by atoms with Crippen LogP contribution >= 0.6 is 0 Å². The minimum atomic E-state index is 0.826. The summed E-state index contributed by atoms with van der Waals surface area (Å²) in [6, 6.07) is 0. The molecule has 19 heavy (non-hydrogen) atoms. The second-order valence-corrected chi connectivity index (χ2v) is 4.46. The van der Waals surface area contributed by atoms with E-state index in [1.165, 1.54) is 5.57 Å². The fraction of sp³-hybridized carbons (Fsp3) is 0.222. The van der Waals surface area contributed by atoms with E-state index in [0.717, 1.165) is 29.0 Å². The highest BCUT2D eigenvalue weighted by atomic mass is 15.1. The van der Waals surface area contributed by atoms with Crippen molar-refractivity contribution in [3.05, 3.63) is 84.3 Å². The first-order valence-electron chi connectivity index (χ1n) is 6.50. The van der Waals surface area contributed by atoms with Crippen molar-refractivity contribution in [3.63, 3.8) is 0 Å². The van der Waals surface area contributed by atoms with Crippen molar-refractivity contribution in [1.82, 2.24) is 4.90 Å². The van der Waals surface area contributed by atoms with E-state index in [-0.39, 0.29) is 0 Å². The van der Waals surface area contributed by atoms with Crippen molar-refractivity contribution in [3.8, 4) is 0 Å². The van der Waals surface area contributed by atoms with Crippen LogP contribution in [0.2, 0.25) is 0 Å². The maximum absolute atomic E-state index is 4.22. The standard InChI is InChI=1S/C18H23N/c1-7-11-15-13-14(5)16(12-8-2)18(10-4)19(6)17(15)9-3/h7-12H,3-5,13H2,1-2,6H3/b11-7-,12-8-. The van der Waals surface area contributed by atoms with Gasteiger partial charge in [0, 0.05) is 24.0 Å². The molecule has 0 saturated heterocycles. The van der Waals surface area contributed by atoms with Gasteiger partial charge in [0.1, 0.15) is 0 Å². The van der Waals surface area contributed by atoms with E-state index in [1.807, 2.05) is 45.2 Å². The van der Waals surface area contributed by atoms with Crippen molar-refractivity contribution in [1.29, 1.82) is 0 Å². The molecule has 100 valence electrons. The molecule has 0 aromatic carbocycles. The fourth-order valence-electron chi connectivity index (χ4n) is 2.35. The number of hydrogen-bond donors (Lipinski definition) is 0. The van der Waals surface area contributed by atoms with Crippen molar-refractivity contribution in [2.45, 2.75) is 20.3 Å². The number of nitrogens with zero attached hydrogens (tertiary/aromatic N) is 1. The van der Waals surface area contributed by atoms with Gasteiger partial charge in [0.05, 0.1) is 0 Å². The summed E-state index contributed by atoms with van der Waals surface area (Å²) in [7, 11) is 2.04. The Morgan fingerprint density at radius 1 is 1.00 bits per heavy atom. The summed E-state index contributed by atoms with van der Waals surface area (Å²) in [6.07, 6.45) is 12.9. The zero-order chi connectivity index (χ0) is 14.4. The largest absolute Gasteiger partial charge is 0.344 e. The number of hydrogen-bond acceptors (Lipinski definition) is 1. The lowest BCUT2D eigenvalue weighted by Gasteiger charge is -2.23. The molecule has 1 heterocycles. The molecule has 0 aromatic heterocycles. The van der Waals surface area contributed by atoms with Crippen LogP contribution in [0.1, 0.15) is 20.3 Å². The summed E-state index contributed by atoms with van der Waals surface area (Å²) in [5.41, 5.74) is 5.64. The minimum Gasteiger partial charge on any atom is -0.344 e. The first kappa shape index (κ1) is 15.0. The molecule has 1 aliphatic heterocycles. The first-order valence-corrected chi connectivity index (χ1v) is 6.50. The van der Waals surface area contributed by atoms with Crippen LogP contribution in [0, 0.1) is 0 Å². The van der Waals surface area contributed by atoms with Crippen LogP contribution < -0.4 is 0 Å². The third-order valence-electron chi connectivity index (χ3n) is 3.20. The summed E-state index contributed by atoms with van der Waals surface area (Å²) >= 11 is 0. The topological polar surface area (TPSA) is 3.24 Å². The van der Waals surface area contributed by atoms with Crippen LogP contribution in [0.3, 0.4) is 0 Å². The van der Waals surface area contributed by atoms with Gasteiger partial charge in [0.15, 0.2) is 0 Å². The van der Waals surface area contributed by atoms with Gasteiger partial charge in [-0.25, -0.2) is 0 Å². The zero-order valence-electron chi connectivity index (χ0n) is 12.2. The van der Waals surface area contributed by atoms with E-state index >= 15 is 0 Å². The third-order valence-corrected chi connectivity index (χ3v) is 3.20. The lowest BCUT2D eigenvalue weighted by Crippen LogP contribution is -2.16. The number of likely N-dealkylation sites (N-methyl/N-ethyl adjacent to an activating group) is 1. The average Bonchev–Trinajstić information content (AvgIpc) is 2.47. The first-order chi connectivity index (χ1) is 9.10. The van der Waals surface area contributed by atoms with E-state index in [2.05, 4.69) is 36.8 Å². The van der Waals surface area contributed by atoms with Crippen molar-refractivity contribution >= 4 is 0 Å². The van der Waals surface area contributed by atoms with Gasteiger partial charge >= 0.3 is 0 Å². The monoisotopic (exact) mass is 253 g/mol. The predicted octanol–water partition coefficient (Wildman–Crippen LogP) is 4.91. The lowest BCUT2D eigenvalue weighted by molar-refractivity contribution is 0.549. The Balaban J connectivity index is 3.51. The van der Waals surface area contributed by atoms with E-state index in [4.69, 9.17) is 0 Å². The highest BCUT2D eigenvalue weighted by Gasteiger charge is 2.19. The van der Waals surface area contributed by atoms with E-state index < -0.39 is 0 Å². The van der Waals surface area contributed by atoms with Gasteiger partial charge in [-0.05, 0) is 43.6 Å². The van der Waals surface area contributed by atoms with Crippen LogP contribution in [-0.2, 0) is 0 Å². The summed E-state index contributed by atoms with van der Waals surface area (Å²) in [6.45, 7) is 16.1. The van der Waals surface area contributed by atoms with E-state index in [9.17, 15) is 0 Å². The van der Waals surface area contributed by atoms with Crippen LogP contribution in [0.15, 0.2) is 84.3 Å². The molecule has 0 bridgehead atoms. The molecule has 0 saturated carbocycles. The molecule has 0 aliphatic carbocycles. The Bertz CT molecular complexity index is 510. The van der Waals surface area contributed by atoms with Crippen LogP contribution in [0.4, 0.5) is 0 Å². The smallest absolute Gasteiger partial charge is 0.0478 e. The predicted molar refractivity (Wildman–Crippen MR) is 85.6 cm³/mol. The second-order valence-electron chi connectivity index (χ2n) is 4.46. The SMILES string of the molecule is C=CC1=C(/C=C\C)CC(=C)C(/C=C\C)=C(C=C)N1C. The molecule has 0 unspecified atom stereocenters. The maximum atomic E-state index is 4.22. The van der Waals surface area contributed by atoms with Gasteiger partial charge in [-0.15, -0.1) is 0 Å². The summed E-state index contributed by atoms with van der Waals surface area (Å²) in [5.74, 6) is 0. The van der Waals surface area contributed by atoms with Gasteiger partial charge in [0.2, 0.25) is 0 Å². The van der Waals surface area contributed by atoms with Crippen LogP contribution in [-0.4, -0.2) is 11.9 Å². The van der Waals surface area contributed by atoms with Crippen molar-refractivity contribution < 1.29 is 0 Å². The number of allylic oxidation sites excluding steroid dienone is 9. The molecule has 1 nitrogen and oxygen atoms in total. The molecular weight excluding hydrogens is 230 g/mol. The highest BCUT2D eigenvalue weighted by Crippen LogP contribution is 2.33. The Morgan fingerprint density at radius 2 is 1.58 bits per heavy atom. The lowest BCUT2D eigenvalue weighted by atomic mass is 9.98. The van der Waals surface area contributed by atoms with Crippen molar-refractivity contribution in [2.24, 2.45) is 0 Å². The normalized spacial score (nSPS) is 17.6. The van der Waals surface area contributed by atoms with Gasteiger partial charge in [-0.1, -0.05) is 44.0 Å². The molecule has 1 rings (SSSR count). The molecule has 0 spiro atoms. The highest BCUT2D eigenvalue weighted by molar-refractivity contribution is 5.53. The molecule has 0 fully saturated rings. The maximum Gasteiger partial charge on any atom is 0.0478 e. The van der Waals surface area contributed by atoms with Crippen molar-refractivity contribution in [2.75, 3.05) is 7.05 Å². The van der Waals surface area contributed by atoms with Gasteiger partial charge < -0.3 is 4.90 Å². The quantitative estimate of drug-likeness (QED) is 0.688. The molecule has 0 amide bonds. The van der Waals surface area contributed by atoms with E-state index in [1.54, 1.807) is 0 Å². The Labute approximate surface area is 117 Å². The van der Waals surface area contributed by atoms with Gasteiger partial charge in [-0.3, -0.25) is 0 Å². The summed E-state index contributed by atoms with van der Waals surface area (Å²) in [5, 5.41) is 0. The Morgan fingerprint density at radius 3 is 2.05 bits per heavy atom. The molecule has 0 aromatic rings. The molecule has 1 heteroatoms. The molecule has 0 N–H and O–H groups in total. The number of rotatable bonds is 4. The van der Waals surface area contributed by atoms with Gasteiger partial charge in [0.25, 0.3) is 0 Å². The molecule has 0 atom stereocenters. The van der Waals surface area contributed by atoms with Gasteiger partial charge in [-0.2, -0.15) is 0 Å². The van der Waals surface area contributed by atoms with Crippen LogP contribution in [0.5, 0.6) is 0 Å². The zero-order valence-corrected chi connectivity index (χ0v) is 12.2. The molecule has 0 radical (unpaired) electrons. The Kier molecular flexibility index (Phi) is 5.37. The molecule has 1 aliphatic rings. The van der Waals surface area contributed by atoms with E-state index in [0.29, 0.717) is 0 Å².